The van der Waals surface area contributed by atoms with Crippen LogP contribution in [0.3, 0.4) is 0 Å². The Morgan fingerprint density at radius 3 is 2.71 bits per heavy atom. The third-order valence-corrected chi connectivity index (χ3v) is 3.62. The zero-order valence-electron chi connectivity index (χ0n) is 10.9. The third-order valence-electron chi connectivity index (χ3n) is 3.62. The van der Waals surface area contributed by atoms with E-state index in [2.05, 4.69) is 31.8 Å². The van der Waals surface area contributed by atoms with Gasteiger partial charge in [0, 0.05) is 5.69 Å². The molecular formula is C15H22N2. The lowest BCUT2D eigenvalue weighted by Gasteiger charge is -2.19. The van der Waals surface area contributed by atoms with Gasteiger partial charge in [0.1, 0.15) is 0 Å². The first-order valence-electron chi connectivity index (χ1n) is 6.55. The Labute approximate surface area is 104 Å². The minimum atomic E-state index is 0.544. The first-order valence-corrected chi connectivity index (χ1v) is 6.55. The third kappa shape index (κ3) is 2.17. The summed E-state index contributed by atoms with van der Waals surface area (Å²) in [6.07, 6.45) is 5.77. The molecular weight excluding hydrogens is 208 g/mol. The van der Waals surface area contributed by atoms with E-state index in [0.717, 1.165) is 12.8 Å². The maximum absolute atomic E-state index is 5.73. The Morgan fingerprint density at radius 2 is 2.12 bits per heavy atom. The van der Waals surface area contributed by atoms with Crippen molar-refractivity contribution in [1.29, 1.82) is 0 Å². The van der Waals surface area contributed by atoms with Gasteiger partial charge >= 0.3 is 0 Å². The molecule has 0 unspecified atom stereocenters. The average Bonchev–Trinajstić information content (AvgIpc) is 2.75. The lowest BCUT2D eigenvalue weighted by atomic mass is 9.94. The standard InChI is InChI=1S/C15H22N2/c1-4-11-9-12-7-6-8-14(12)15(13(11)5-2)17-10(3)16/h9,17H,3-8,16H2,1-2H3. The van der Waals surface area contributed by atoms with E-state index in [0.29, 0.717) is 5.82 Å². The molecule has 0 saturated carbocycles. The second kappa shape index (κ2) is 4.82. The van der Waals surface area contributed by atoms with Crippen LogP contribution in [0.2, 0.25) is 0 Å². The summed E-state index contributed by atoms with van der Waals surface area (Å²) in [4.78, 5) is 0. The van der Waals surface area contributed by atoms with E-state index in [-0.39, 0.29) is 0 Å². The number of fused-ring (bicyclic) bond motifs is 1. The van der Waals surface area contributed by atoms with Gasteiger partial charge in [0.05, 0.1) is 5.82 Å². The van der Waals surface area contributed by atoms with Gasteiger partial charge in [-0.05, 0) is 54.4 Å². The highest BCUT2D eigenvalue weighted by molar-refractivity contribution is 5.66. The van der Waals surface area contributed by atoms with Crippen molar-refractivity contribution in [3.8, 4) is 0 Å². The molecule has 1 aliphatic rings. The van der Waals surface area contributed by atoms with Crippen molar-refractivity contribution < 1.29 is 0 Å². The molecule has 1 aromatic carbocycles. The van der Waals surface area contributed by atoms with Crippen LogP contribution in [-0.4, -0.2) is 0 Å². The number of nitrogens with two attached hydrogens (primary N) is 1. The van der Waals surface area contributed by atoms with Crippen LogP contribution in [0, 0.1) is 0 Å². The molecule has 0 fully saturated rings. The SMILES string of the molecule is C=C(N)Nc1c(CC)c(CC)cc2c1CCC2. The van der Waals surface area contributed by atoms with Crippen molar-refractivity contribution in [2.24, 2.45) is 5.73 Å². The van der Waals surface area contributed by atoms with Gasteiger partial charge in [-0.15, -0.1) is 0 Å². The first-order chi connectivity index (χ1) is 8.17. The summed E-state index contributed by atoms with van der Waals surface area (Å²) in [5, 5.41) is 3.28. The largest absolute Gasteiger partial charge is 0.386 e. The van der Waals surface area contributed by atoms with Crippen LogP contribution >= 0.6 is 0 Å². The molecule has 0 atom stereocenters. The normalized spacial score (nSPS) is 13.5. The Hall–Kier alpha value is -1.44. The lowest BCUT2D eigenvalue weighted by molar-refractivity contribution is 0.911. The summed E-state index contributed by atoms with van der Waals surface area (Å²) < 4.78 is 0. The van der Waals surface area contributed by atoms with E-state index >= 15 is 0 Å². The van der Waals surface area contributed by atoms with E-state index in [9.17, 15) is 0 Å². The van der Waals surface area contributed by atoms with Crippen LogP contribution in [0.4, 0.5) is 5.69 Å². The van der Waals surface area contributed by atoms with Crippen LogP contribution in [0.15, 0.2) is 18.5 Å². The van der Waals surface area contributed by atoms with Crippen molar-refractivity contribution in [2.45, 2.75) is 46.0 Å². The zero-order valence-corrected chi connectivity index (χ0v) is 10.9. The van der Waals surface area contributed by atoms with Crippen LogP contribution in [0.25, 0.3) is 0 Å². The van der Waals surface area contributed by atoms with Crippen LogP contribution in [0.1, 0.15) is 42.5 Å². The smallest absolute Gasteiger partial charge is 0.0930 e. The fourth-order valence-corrected chi connectivity index (χ4v) is 2.88. The molecule has 92 valence electrons. The number of nitrogens with one attached hydrogen (secondary N) is 1. The van der Waals surface area contributed by atoms with Crippen molar-refractivity contribution in [3.63, 3.8) is 0 Å². The highest BCUT2D eigenvalue weighted by atomic mass is 15.0. The van der Waals surface area contributed by atoms with E-state index in [1.807, 2.05) is 0 Å². The minimum absolute atomic E-state index is 0.544. The molecule has 1 aromatic rings. The van der Waals surface area contributed by atoms with Crippen molar-refractivity contribution in [1.82, 2.24) is 0 Å². The average molecular weight is 230 g/mol. The van der Waals surface area contributed by atoms with Crippen LogP contribution in [0.5, 0.6) is 0 Å². The monoisotopic (exact) mass is 230 g/mol. The number of anilines is 1. The summed E-state index contributed by atoms with van der Waals surface area (Å²) in [5.41, 5.74) is 12.8. The summed E-state index contributed by atoms with van der Waals surface area (Å²) >= 11 is 0. The molecule has 0 aliphatic heterocycles. The zero-order chi connectivity index (χ0) is 12.4. The van der Waals surface area contributed by atoms with Crippen molar-refractivity contribution >= 4 is 5.69 Å². The number of aryl methyl sites for hydroxylation is 2. The number of hydrogen-bond acceptors (Lipinski definition) is 2. The van der Waals surface area contributed by atoms with Gasteiger partial charge in [0.15, 0.2) is 0 Å². The molecule has 3 N–H and O–H groups in total. The molecule has 0 radical (unpaired) electrons. The van der Waals surface area contributed by atoms with Crippen molar-refractivity contribution in [3.05, 3.63) is 40.7 Å². The summed E-state index contributed by atoms with van der Waals surface area (Å²) in [5.74, 6) is 0.544. The molecule has 0 heterocycles. The molecule has 1 aliphatic carbocycles. The Bertz CT molecular complexity index is 447. The fraction of sp³-hybridized carbons (Fsp3) is 0.467. The van der Waals surface area contributed by atoms with Crippen LogP contribution < -0.4 is 11.1 Å². The lowest BCUT2D eigenvalue weighted by Crippen LogP contribution is -2.12. The van der Waals surface area contributed by atoms with Gasteiger partial charge < -0.3 is 11.1 Å². The molecule has 0 aromatic heterocycles. The molecule has 0 bridgehead atoms. The quantitative estimate of drug-likeness (QED) is 0.834. The van der Waals surface area contributed by atoms with Crippen LogP contribution in [-0.2, 0) is 25.7 Å². The number of rotatable bonds is 4. The molecule has 2 nitrogen and oxygen atoms in total. The highest BCUT2D eigenvalue weighted by Gasteiger charge is 2.19. The summed E-state index contributed by atoms with van der Waals surface area (Å²) in [6.45, 7) is 8.20. The van der Waals surface area contributed by atoms with E-state index in [4.69, 9.17) is 5.73 Å². The maximum atomic E-state index is 5.73. The van der Waals surface area contributed by atoms with Gasteiger partial charge in [-0.25, -0.2) is 0 Å². The molecule has 0 saturated heterocycles. The van der Waals surface area contributed by atoms with E-state index in [1.165, 1.54) is 47.2 Å². The highest BCUT2D eigenvalue weighted by Crippen LogP contribution is 2.35. The van der Waals surface area contributed by atoms with Gasteiger partial charge in [0.25, 0.3) is 0 Å². The van der Waals surface area contributed by atoms with E-state index in [1.54, 1.807) is 0 Å². The van der Waals surface area contributed by atoms with E-state index < -0.39 is 0 Å². The molecule has 0 spiro atoms. The predicted octanol–water partition coefficient (Wildman–Crippen LogP) is 3.14. The number of hydrogen-bond donors (Lipinski definition) is 2. The fourth-order valence-electron chi connectivity index (χ4n) is 2.88. The van der Waals surface area contributed by atoms with Gasteiger partial charge in [-0.3, -0.25) is 0 Å². The maximum Gasteiger partial charge on any atom is 0.0930 e. The van der Waals surface area contributed by atoms with Gasteiger partial charge in [0.2, 0.25) is 0 Å². The van der Waals surface area contributed by atoms with Gasteiger partial charge in [-0.1, -0.05) is 26.5 Å². The Balaban J connectivity index is 2.58. The number of benzene rings is 1. The van der Waals surface area contributed by atoms with Gasteiger partial charge in [-0.2, -0.15) is 0 Å². The second-order valence-electron chi connectivity index (χ2n) is 4.74. The molecule has 17 heavy (non-hydrogen) atoms. The van der Waals surface area contributed by atoms with Crippen molar-refractivity contribution in [2.75, 3.05) is 5.32 Å². The molecule has 2 heteroatoms. The first kappa shape index (κ1) is 12.0. The Morgan fingerprint density at radius 1 is 1.35 bits per heavy atom. The molecule has 2 rings (SSSR count). The predicted molar refractivity (Wildman–Crippen MR) is 74.2 cm³/mol. The summed E-state index contributed by atoms with van der Waals surface area (Å²) in [6, 6.07) is 2.39. The Kier molecular flexibility index (Phi) is 3.41. The molecule has 0 amide bonds. The topological polar surface area (TPSA) is 38.0 Å². The minimum Gasteiger partial charge on any atom is -0.386 e. The second-order valence-corrected chi connectivity index (χ2v) is 4.74. The summed E-state index contributed by atoms with van der Waals surface area (Å²) in [7, 11) is 0.